The fourth-order valence-corrected chi connectivity index (χ4v) is 1.94. The van der Waals surface area contributed by atoms with Gasteiger partial charge in [0.2, 0.25) is 0 Å². The summed E-state index contributed by atoms with van der Waals surface area (Å²) in [7, 11) is 0. The number of aromatic hydroxyl groups is 1. The van der Waals surface area contributed by atoms with E-state index in [1.165, 1.54) is 6.07 Å². The first-order valence-electron chi connectivity index (χ1n) is 5.31. The quantitative estimate of drug-likeness (QED) is 0.653. The molecular formula is C14H10FNO. The Labute approximate surface area is 97.3 Å². The minimum Gasteiger partial charge on any atom is -0.508 e. The molecule has 1 heterocycles. The van der Waals surface area contributed by atoms with Crippen LogP contribution in [0.25, 0.3) is 22.2 Å². The minimum atomic E-state index is -0.261. The summed E-state index contributed by atoms with van der Waals surface area (Å²) in [6.07, 6.45) is 0. The summed E-state index contributed by atoms with van der Waals surface area (Å²) < 4.78 is 13.6. The molecule has 0 saturated heterocycles. The van der Waals surface area contributed by atoms with E-state index in [1.807, 2.05) is 6.07 Å². The van der Waals surface area contributed by atoms with E-state index >= 15 is 0 Å². The zero-order chi connectivity index (χ0) is 11.8. The Hall–Kier alpha value is -2.29. The number of H-pyrrole nitrogens is 1. The number of aromatic nitrogens is 1. The number of phenols is 1. The Bertz CT molecular complexity index is 688. The van der Waals surface area contributed by atoms with Gasteiger partial charge in [-0.05, 0) is 36.4 Å². The summed E-state index contributed by atoms with van der Waals surface area (Å²) in [6, 6.07) is 13.5. The lowest BCUT2D eigenvalue weighted by molar-refractivity contribution is 0.476. The van der Waals surface area contributed by atoms with E-state index in [0.29, 0.717) is 11.3 Å². The Morgan fingerprint density at radius 1 is 1.00 bits per heavy atom. The predicted octanol–water partition coefficient (Wildman–Crippen LogP) is 3.68. The van der Waals surface area contributed by atoms with Crippen LogP contribution in [0.5, 0.6) is 5.75 Å². The molecule has 0 aliphatic rings. The molecule has 0 bridgehead atoms. The SMILES string of the molecule is Oc1ccc2[nH]c(-c3ccccc3F)cc2c1. The lowest BCUT2D eigenvalue weighted by Crippen LogP contribution is -1.82. The summed E-state index contributed by atoms with van der Waals surface area (Å²) in [5, 5.41) is 10.2. The molecule has 0 aliphatic carbocycles. The van der Waals surface area contributed by atoms with E-state index in [4.69, 9.17) is 0 Å². The first-order chi connectivity index (χ1) is 8.24. The summed E-state index contributed by atoms with van der Waals surface area (Å²) in [5.74, 6) is -0.0557. The molecule has 0 atom stereocenters. The molecule has 1 aromatic heterocycles. The molecule has 84 valence electrons. The standard InChI is InChI=1S/C14H10FNO/c15-12-4-2-1-3-11(12)14-8-9-7-10(17)5-6-13(9)16-14/h1-8,16-17H. The van der Waals surface area contributed by atoms with Crippen LogP contribution in [0.2, 0.25) is 0 Å². The molecule has 3 heteroatoms. The Kier molecular flexibility index (Phi) is 2.11. The molecule has 17 heavy (non-hydrogen) atoms. The van der Waals surface area contributed by atoms with Gasteiger partial charge < -0.3 is 10.1 Å². The van der Waals surface area contributed by atoms with Crippen molar-refractivity contribution >= 4 is 10.9 Å². The largest absolute Gasteiger partial charge is 0.508 e. The molecule has 2 nitrogen and oxygen atoms in total. The molecule has 0 spiro atoms. The Morgan fingerprint density at radius 2 is 1.82 bits per heavy atom. The highest BCUT2D eigenvalue weighted by atomic mass is 19.1. The molecule has 0 unspecified atom stereocenters. The van der Waals surface area contributed by atoms with Crippen molar-refractivity contribution in [3.63, 3.8) is 0 Å². The predicted molar refractivity (Wildman–Crippen MR) is 65.4 cm³/mol. The average molecular weight is 227 g/mol. The van der Waals surface area contributed by atoms with Crippen LogP contribution in [-0.4, -0.2) is 10.1 Å². The van der Waals surface area contributed by atoms with Crippen LogP contribution in [0.1, 0.15) is 0 Å². The maximum Gasteiger partial charge on any atom is 0.132 e. The average Bonchev–Trinajstić information content (AvgIpc) is 2.72. The summed E-state index contributed by atoms with van der Waals surface area (Å²) >= 11 is 0. The van der Waals surface area contributed by atoms with Gasteiger partial charge in [-0.3, -0.25) is 0 Å². The lowest BCUT2D eigenvalue weighted by Gasteiger charge is -1.98. The van der Waals surface area contributed by atoms with Crippen molar-refractivity contribution in [3.8, 4) is 17.0 Å². The number of hydrogen-bond donors (Lipinski definition) is 2. The molecule has 0 saturated carbocycles. The molecular weight excluding hydrogens is 217 g/mol. The molecule has 3 aromatic rings. The number of benzene rings is 2. The third-order valence-electron chi connectivity index (χ3n) is 2.77. The van der Waals surface area contributed by atoms with Crippen molar-refractivity contribution in [1.82, 2.24) is 4.98 Å². The molecule has 0 amide bonds. The van der Waals surface area contributed by atoms with Gasteiger partial charge in [-0.25, -0.2) is 4.39 Å². The van der Waals surface area contributed by atoms with Crippen molar-refractivity contribution in [2.75, 3.05) is 0 Å². The number of phenolic OH excluding ortho intramolecular Hbond substituents is 1. The van der Waals surface area contributed by atoms with E-state index in [0.717, 1.165) is 10.9 Å². The lowest BCUT2D eigenvalue weighted by atomic mass is 10.1. The highest BCUT2D eigenvalue weighted by Crippen LogP contribution is 2.27. The highest BCUT2D eigenvalue weighted by molar-refractivity contribution is 5.86. The second kappa shape index (κ2) is 3.63. The van der Waals surface area contributed by atoms with Crippen LogP contribution in [-0.2, 0) is 0 Å². The van der Waals surface area contributed by atoms with Crippen LogP contribution in [0.3, 0.4) is 0 Å². The minimum absolute atomic E-state index is 0.205. The fourth-order valence-electron chi connectivity index (χ4n) is 1.94. The summed E-state index contributed by atoms with van der Waals surface area (Å²) in [6.45, 7) is 0. The van der Waals surface area contributed by atoms with Gasteiger partial charge in [0.05, 0.1) is 0 Å². The highest BCUT2D eigenvalue weighted by Gasteiger charge is 2.07. The van der Waals surface area contributed by atoms with Crippen molar-refractivity contribution in [2.24, 2.45) is 0 Å². The van der Waals surface area contributed by atoms with Crippen LogP contribution < -0.4 is 0 Å². The molecule has 2 N–H and O–H groups in total. The van der Waals surface area contributed by atoms with Gasteiger partial charge in [-0.2, -0.15) is 0 Å². The van der Waals surface area contributed by atoms with Gasteiger partial charge in [0.25, 0.3) is 0 Å². The van der Waals surface area contributed by atoms with Crippen LogP contribution >= 0.6 is 0 Å². The normalized spacial score (nSPS) is 10.9. The molecule has 3 rings (SSSR count). The number of halogens is 1. The van der Waals surface area contributed by atoms with E-state index in [2.05, 4.69) is 4.98 Å². The van der Waals surface area contributed by atoms with Crippen molar-refractivity contribution in [1.29, 1.82) is 0 Å². The smallest absolute Gasteiger partial charge is 0.132 e. The van der Waals surface area contributed by atoms with Gasteiger partial charge in [0, 0.05) is 22.2 Å². The maximum atomic E-state index is 13.6. The molecule has 0 radical (unpaired) electrons. The van der Waals surface area contributed by atoms with Gasteiger partial charge in [-0.1, -0.05) is 12.1 Å². The monoisotopic (exact) mass is 227 g/mol. The number of aromatic amines is 1. The van der Waals surface area contributed by atoms with Gasteiger partial charge >= 0.3 is 0 Å². The van der Waals surface area contributed by atoms with Crippen LogP contribution in [0, 0.1) is 5.82 Å². The molecule has 0 aliphatic heterocycles. The third kappa shape index (κ3) is 1.65. The summed E-state index contributed by atoms with van der Waals surface area (Å²) in [4.78, 5) is 3.13. The summed E-state index contributed by atoms with van der Waals surface area (Å²) in [5.41, 5.74) is 2.12. The number of fused-ring (bicyclic) bond motifs is 1. The zero-order valence-electron chi connectivity index (χ0n) is 8.94. The van der Waals surface area contributed by atoms with E-state index in [9.17, 15) is 9.50 Å². The van der Waals surface area contributed by atoms with Crippen molar-refractivity contribution < 1.29 is 9.50 Å². The van der Waals surface area contributed by atoms with E-state index < -0.39 is 0 Å². The zero-order valence-corrected chi connectivity index (χ0v) is 8.94. The van der Waals surface area contributed by atoms with Gasteiger partial charge in [-0.15, -0.1) is 0 Å². The van der Waals surface area contributed by atoms with Crippen molar-refractivity contribution in [3.05, 3.63) is 54.3 Å². The van der Waals surface area contributed by atoms with Gasteiger partial charge in [0.15, 0.2) is 0 Å². The first-order valence-corrected chi connectivity index (χ1v) is 5.31. The number of nitrogens with one attached hydrogen (secondary N) is 1. The Balaban J connectivity index is 2.22. The topological polar surface area (TPSA) is 36.0 Å². The van der Waals surface area contributed by atoms with Gasteiger partial charge in [0.1, 0.15) is 11.6 Å². The molecule has 0 fully saturated rings. The Morgan fingerprint density at radius 3 is 2.65 bits per heavy atom. The first kappa shape index (κ1) is 9.90. The maximum absolute atomic E-state index is 13.6. The second-order valence-corrected chi connectivity index (χ2v) is 3.93. The second-order valence-electron chi connectivity index (χ2n) is 3.93. The van der Waals surface area contributed by atoms with E-state index in [1.54, 1.807) is 36.4 Å². The number of hydrogen-bond acceptors (Lipinski definition) is 1. The molecule has 2 aromatic carbocycles. The van der Waals surface area contributed by atoms with Crippen LogP contribution in [0.4, 0.5) is 4.39 Å². The fraction of sp³-hybridized carbons (Fsp3) is 0. The van der Waals surface area contributed by atoms with Crippen LogP contribution in [0.15, 0.2) is 48.5 Å². The number of rotatable bonds is 1. The van der Waals surface area contributed by atoms with Crippen molar-refractivity contribution in [2.45, 2.75) is 0 Å². The van der Waals surface area contributed by atoms with E-state index in [-0.39, 0.29) is 11.6 Å². The third-order valence-corrected chi connectivity index (χ3v) is 2.77.